The van der Waals surface area contributed by atoms with Crippen molar-refractivity contribution in [3.8, 4) is 11.5 Å². The summed E-state index contributed by atoms with van der Waals surface area (Å²) in [6.45, 7) is 3.57. The van der Waals surface area contributed by atoms with Gasteiger partial charge in [-0.05, 0) is 37.3 Å². The van der Waals surface area contributed by atoms with Crippen LogP contribution in [0.4, 0.5) is 0 Å². The minimum absolute atomic E-state index is 0.392. The molecule has 1 aliphatic heterocycles. The fourth-order valence-corrected chi connectivity index (χ4v) is 4.05. The van der Waals surface area contributed by atoms with E-state index in [4.69, 9.17) is 14.6 Å². The first-order valence-electron chi connectivity index (χ1n) is 9.86. The number of benzene rings is 1. The average Bonchev–Trinajstić information content (AvgIpc) is 2.94. The number of ether oxygens (including phenoxy) is 2. The first-order chi connectivity index (χ1) is 13.2. The summed E-state index contributed by atoms with van der Waals surface area (Å²) in [5.74, 6) is 2.05. The molecule has 0 unspecified atom stereocenters. The van der Waals surface area contributed by atoms with E-state index in [1.54, 1.807) is 14.2 Å². The van der Waals surface area contributed by atoms with E-state index in [2.05, 4.69) is 21.7 Å². The monoisotopic (exact) mass is 371 g/mol. The number of fused-ring (bicyclic) bond motifs is 1. The van der Waals surface area contributed by atoms with Gasteiger partial charge in [0.1, 0.15) is 17.6 Å². The third-order valence-electron chi connectivity index (χ3n) is 5.90. The van der Waals surface area contributed by atoms with Crippen LogP contribution in [-0.4, -0.2) is 40.6 Å². The second-order valence-corrected chi connectivity index (χ2v) is 7.66. The minimum atomic E-state index is -0.409. The molecule has 0 amide bonds. The van der Waals surface area contributed by atoms with Crippen molar-refractivity contribution in [3.63, 3.8) is 0 Å². The molecule has 2 aliphatic rings. The Labute approximate surface area is 160 Å². The Morgan fingerprint density at radius 1 is 1.15 bits per heavy atom. The zero-order chi connectivity index (χ0) is 18.8. The number of aryl methyl sites for hydroxylation is 1. The van der Waals surface area contributed by atoms with E-state index in [-0.39, 0.29) is 0 Å². The highest BCUT2D eigenvalue weighted by Crippen LogP contribution is 2.37. The highest BCUT2D eigenvalue weighted by atomic mass is 16.5. The Morgan fingerprint density at radius 2 is 2.00 bits per heavy atom. The van der Waals surface area contributed by atoms with Crippen LogP contribution < -0.4 is 9.47 Å². The van der Waals surface area contributed by atoms with Gasteiger partial charge >= 0.3 is 0 Å². The van der Waals surface area contributed by atoms with E-state index < -0.39 is 6.10 Å². The number of aliphatic hydroxyl groups is 1. The number of aliphatic hydroxyl groups excluding tert-OH is 1. The molecule has 1 saturated carbocycles. The number of methoxy groups -OCH3 is 2. The van der Waals surface area contributed by atoms with Gasteiger partial charge in [-0.1, -0.05) is 12.5 Å². The zero-order valence-corrected chi connectivity index (χ0v) is 16.2. The molecule has 1 fully saturated rings. The molecule has 1 aromatic heterocycles. The number of hydrogen-bond acceptors (Lipinski definition) is 5. The van der Waals surface area contributed by atoms with E-state index >= 15 is 0 Å². The topological polar surface area (TPSA) is 59.8 Å². The molecule has 1 atom stereocenters. The zero-order valence-electron chi connectivity index (χ0n) is 16.2. The summed E-state index contributed by atoms with van der Waals surface area (Å²) in [5, 5.41) is 15.3. The molecular formula is C21H29N3O3. The fourth-order valence-electron chi connectivity index (χ4n) is 4.05. The lowest BCUT2D eigenvalue weighted by molar-refractivity contribution is 0.0581. The van der Waals surface area contributed by atoms with Crippen LogP contribution in [0.3, 0.4) is 0 Å². The van der Waals surface area contributed by atoms with Gasteiger partial charge in [0.15, 0.2) is 0 Å². The van der Waals surface area contributed by atoms with Gasteiger partial charge in [-0.2, -0.15) is 5.10 Å². The fraction of sp³-hybridized carbons (Fsp3) is 0.571. The van der Waals surface area contributed by atoms with E-state index in [0.717, 1.165) is 68.2 Å². The molecule has 1 aromatic carbocycles. The second-order valence-electron chi connectivity index (χ2n) is 7.66. The Hall–Kier alpha value is -2.05. The van der Waals surface area contributed by atoms with Crippen molar-refractivity contribution < 1.29 is 14.6 Å². The summed E-state index contributed by atoms with van der Waals surface area (Å²) in [4.78, 5) is 2.42. The first kappa shape index (κ1) is 18.3. The van der Waals surface area contributed by atoms with E-state index in [9.17, 15) is 5.11 Å². The van der Waals surface area contributed by atoms with Crippen LogP contribution in [0.5, 0.6) is 11.5 Å². The third-order valence-corrected chi connectivity index (χ3v) is 5.90. The van der Waals surface area contributed by atoms with E-state index in [1.165, 1.54) is 12.1 Å². The van der Waals surface area contributed by atoms with E-state index in [0.29, 0.717) is 5.92 Å². The molecule has 0 spiro atoms. The number of rotatable bonds is 6. The summed E-state index contributed by atoms with van der Waals surface area (Å²) < 4.78 is 12.9. The Morgan fingerprint density at radius 3 is 2.70 bits per heavy atom. The normalized spacial score (nSPS) is 19.1. The highest BCUT2D eigenvalue weighted by molar-refractivity contribution is 5.40. The van der Waals surface area contributed by atoms with Crippen molar-refractivity contribution in [2.24, 2.45) is 5.92 Å². The maximum absolute atomic E-state index is 10.6. The van der Waals surface area contributed by atoms with Gasteiger partial charge in [-0.25, -0.2) is 0 Å². The molecule has 0 bridgehead atoms. The molecule has 2 aromatic rings. The van der Waals surface area contributed by atoms with Crippen molar-refractivity contribution in [3.05, 3.63) is 41.2 Å². The maximum atomic E-state index is 10.6. The molecule has 2 heterocycles. The largest absolute Gasteiger partial charge is 0.497 e. The van der Waals surface area contributed by atoms with Crippen molar-refractivity contribution >= 4 is 0 Å². The van der Waals surface area contributed by atoms with Crippen molar-refractivity contribution in [1.82, 2.24) is 14.7 Å². The summed E-state index contributed by atoms with van der Waals surface area (Å²) in [5.41, 5.74) is 3.19. The van der Waals surface area contributed by atoms with Gasteiger partial charge < -0.3 is 14.6 Å². The van der Waals surface area contributed by atoms with Gasteiger partial charge in [0.2, 0.25) is 0 Å². The van der Waals surface area contributed by atoms with Crippen LogP contribution >= 0.6 is 0 Å². The standard InChI is InChI=1S/C21H29N3O3/c1-26-18-8-7-16(20(12-18)27-2)13-23-9-4-10-24-17(14-23)11-19(22-24)21(25)15-5-3-6-15/h7-8,11-12,15,21,25H,3-6,9-10,13-14H2,1-2H3/t21-/m0/s1. The molecule has 4 rings (SSSR count). The molecule has 27 heavy (non-hydrogen) atoms. The Bertz CT molecular complexity index is 785. The van der Waals surface area contributed by atoms with Gasteiger partial charge in [0.05, 0.1) is 25.6 Å². The molecular weight excluding hydrogens is 342 g/mol. The van der Waals surface area contributed by atoms with Crippen LogP contribution in [0.15, 0.2) is 24.3 Å². The van der Waals surface area contributed by atoms with Crippen LogP contribution in [0.25, 0.3) is 0 Å². The lowest BCUT2D eigenvalue weighted by atomic mass is 9.80. The SMILES string of the molecule is COc1ccc(CN2CCCn3nc([C@@H](O)C4CCC4)cc3C2)c(OC)c1. The molecule has 6 heteroatoms. The lowest BCUT2D eigenvalue weighted by Gasteiger charge is -2.29. The summed E-state index contributed by atoms with van der Waals surface area (Å²) in [6.07, 6.45) is 4.10. The van der Waals surface area contributed by atoms with Crippen LogP contribution in [0.1, 0.15) is 48.7 Å². The van der Waals surface area contributed by atoms with Crippen LogP contribution in [-0.2, 0) is 19.6 Å². The first-order valence-corrected chi connectivity index (χ1v) is 9.86. The van der Waals surface area contributed by atoms with Crippen LogP contribution in [0, 0.1) is 5.92 Å². The molecule has 1 aliphatic carbocycles. The number of aromatic nitrogens is 2. The smallest absolute Gasteiger partial charge is 0.127 e. The average molecular weight is 371 g/mol. The summed E-state index contributed by atoms with van der Waals surface area (Å²) >= 11 is 0. The molecule has 6 nitrogen and oxygen atoms in total. The van der Waals surface area contributed by atoms with Crippen LogP contribution in [0.2, 0.25) is 0 Å². The van der Waals surface area contributed by atoms with E-state index in [1.807, 2.05) is 12.1 Å². The number of hydrogen-bond donors (Lipinski definition) is 1. The second kappa shape index (κ2) is 7.90. The van der Waals surface area contributed by atoms with Crippen molar-refractivity contribution in [1.29, 1.82) is 0 Å². The minimum Gasteiger partial charge on any atom is -0.497 e. The Kier molecular flexibility index (Phi) is 5.36. The molecule has 0 saturated heterocycles. The highest BCUT2D eigenvalue weighted by Gasteiger charge is 2.29. The molecule has 146 valence electrons. The third kappa shape index (κ3) is 3.82. The maximum Gasteiger partial charge on any atom is 0.127 e. The predicted molar refractivity (Wildman–Crippen MR) is 103 cm³/mol. The van der Waals surface area contributed by atoms with Gasteiger partial charge in [-0.15, -0.1) is 0 Å². The van der Waals surface area contributed by atoms with Gasteiger partial charge in [0, 0.05) is 37.8 Å². The van der Waals surface area contributed by atoms with Gasteiger partial charge in [0.25, 0.3) is 0 Å². The van der Waals surface area contributed by atoms with Crippen molar-refractivity contribution in [2.45, 2.75) is 51.4 Å². The molecule has 0 radical (unpaired) electrons. The quantitative estimate of drug-likeness (QED) is 0.845. The lowest BCUT2D eigenvalue weighted by Crippen LogP contribution is -2.23. The summed E-state index contributed by atoms with van der Waals surface area (Å²) in [7, 11) is 3.36. The van der Waals surface area contributed by atoms with Crippen molar-refractivity contribution in [2.75, 3.05) is 20.8 Å². The number of nitrogens with zero attached hydrogens (tertiary/aromatic N) is 3. The van der Waals surface area contributed by atoms with Gasteiger partial charge in [-0.3, -0.25) is 9.58 Å². The summed E-state index contributed by atoms with van der Waals surface area (Å²) in [6, 6.07) is 8.09. The predicted octanol–water partition coefficient (Wildman–Crippen LogP) is 3.14. The Balaban J connectivity index is 1.49. The molecule has 1 N–H and O–H groups in total.